The van der Waals surface area contributed by atoms with Crippen LogP contribution in [0.15, 0.2) is 35.6 Å². The molecule has 2 aromatic rings. The summed E-state index contributed by atoms with van der Waals surface area (Å²) >= 11 is 0. The van der Waals surface area contributed by atoms with E-state index in [1.807, 2.05) is 24.0 Å². The van der Waals surface area contributed by atoms with Gasteiger partial charge in [0.25, 0.3) is 0 Å². The molecule has 7 nitrogen and oxygen atoms in total. The highest BCUT2D eigenvalue weighted by atomic mass is 127. The first-order valence-corrected chi connectivity index (χ1v) is 8.98. The predicted molar refractivity (Wildman–Crippen MR) is 117 cm³/mol. The molecule has 2 heterocycles. The maximum absolute atomic E-state index is 10.1. The quantitative estimate of drug-likeness (QED) is 0.387. The van der Waals surface area contributed by atoms with Crippen molar-refractivity contribution in [1.29, 1.82) is 0 Å². The molecule has 1 aliphatic heterocycles. The van der Waals surface area contributed by atoms with Gasteiger partial charge < -0.3 is 20.1 Å². The van der Waals surface area contributed by atoms with Crippen LogP contribution in [0.25, 0.3) is 0 Å². The van der Waals surface area contributed by atoms with Crippen molar-refractivity contribution in [3.8, 4) is 11.5 Å². The molecular formula is C19H28IN5O2. The number of phenolic OH excluding ortho intramolecular Hbond substituents is 1. The van der Waals surface area contributed by atoms with Crippen molar-refractivity contribution >= 4 is 29.9 Å². The number of guanidine groups is 1. The lowest BCUT2D eigenvalue weighted by atomic mass is 10.0. The fraction of sp³-hybridized carbons (Fsp3) is 0.474. The van der Waals surface area contributed by atoms with E-state index in [-0.39, 0.29) is 29.7 Å². The van der Waals surface area contributed by atoms with E-state index in [1.165, 1.54) is 5.56 Å². The molecule has 1 saturated heterocycles. The monoisotopic (exact) mass is 485 g/mol. The van der Waals surface area contributed by atoms with Gasteiger partial charge in [0, 0.05) is 44.4 Å². The molecule has 8 heteroatoms. The first-order valence-electron chi connectivity index (χ1n) is 8.98. The maximum atomic E-state index is 10.1. The number of aliphatic imine (C=N–C) groups is 1. The zero-order valence-corrected chi connectivity index (χ0v) is 18.4. The lowest BCUT2D eigenvalue weighted by Crippen LogP contribution is -2.40. The van der Waals surface area contributed by atoms with Crippen molar-refractivity contribution in [3.63, 3.8) is 0 Å². The summed E-state index contributed by atoms with van der Waals surface area (Å²) in [4.78, 5) is 7.01. The smallest absolute Gasteiger partial charge is 0.194 e. The normalized spacial score (nSPS) is 16.9. The van der Waals surface area contributed by atoms with Crippen molar-refractivity contribution in [2.75, 3.05) is 26.7 Å². The number of aromatic nitrogens is 2. The van der Waals surface area contributed by atoms with E-state index < -0.39 is 0 Å². The van der Waals surface area contributed by atoms with Gasteiger partial charge >= 0.3 is 0 Å². The van der Waals surface area contributed by atoms with Crippen LogP contribution < -0.4 is 10.1 Å². The Morgan fingerprint density at radius 3 is 2.93 bits per heavy atom. The summed E-state index contributed by atoms with van der Waals surface area (Å²) in [5.41, 5.74) is 2.03. The van der Waals surface area contributed by atoms with E-state index in [0.29, 0.717) is 12.5 Å². The van der Waals surface area contributed by atoms with Gasteiger partial charge in [-0.15, -0.1) is 24.0 Å². The number of halogens is 1. The van der Waals surface area contributed by atoms with Gasteiger partial charge in [-0.25, -0.2) is 4.99 Å². The Morgan fingerprint density at radius 2 is 2.26 bits per heavy atom. The van der Waals surface area contributed by atoms with E-state index in [1.54, 1.807) is 19.2 Å². The Kier molecular flexibility index (Phi) is 7.76. The minimum Gasteiger partial charge on any atom is -0.508 e. The fourth-order valence-corrected chi connectivity index (χ4v) is 3.28. The van der Waals surface area contributed by atoms with Gasteiger partial charge in [0.2, 0.25) is 0 Å². The zero-order chi connectivity index (χ0) is 18.5. The first-order chi connectivity index (χ1) is 12.6. The van der Waals surface area contributed by atoms with Gasteiger partial charge in [0.15, 0.2) is 5.96 Å². The Morgan fingerprint density at radius 1 is 1.44 bits per heavy atom. The minimum atomic E-state index is 0. The Bertz CT molecular complexity index is 777. The van der Waals surface area contributed by atoms with Crippen LogP contribution in [0.1, 0.15) is 30.4 Å². The Labute approximate surface area is 177 Å². The molecule has 148 valence electrons. The summed E-state index contributed by atoms with van der Waals surface area (Å²) in [6.07, 6.45) is 5.12. The second-order valence-corrected chi connectivity index (χ2v) is 6.54. The van der Waals surface area contributed by atoms with Crippen molar-refractivity contribution in [3.05, 3.63) is 41.7 Å². The molecule has 1 fully saturated rings. The number of hydrogen-bond donors (Lipinski definition) is 2. The molecule has 3 rings (SSSR count). The van der Waals surface area contributed by atoms with Gasteiger partial charge in [0.1, 0.15) is 11.5 Å². The number of nitrogens with one attached hydrogen (secondary N) is 1. The van der Waals surface area contributed by atoms with Crippen LogP contribution in [0, 0.1) is 0 Å². The van der Waals surface area contributed by atoms with E-state index in [2.05, 4.69) is 28.4 Å². The second kappa shape index (κ2) is 9.82. The summed E-state index contributed by atoms with van der Waals surface area (Å²) in [6, 6.07) is 5.21. The predicted octanol–water partition coefficient (Wildman–Crippen LogP) is 2.71. The van der Waals surface area contributed by atoms with Crippen LogP contribution >= 0.6 is 24.0 Å². The zero-order valence-electron chi connectivity index (χ0n) is 16.1. The number of aromatic hydroxyl groups is 1. The van der Waals surface area contributed by atoms with E-state index in [0.717, 1.165) is 43.3 Å². The summed E-state index contributed by atoms with van der Waals surface area (Å²) in [5, 5.41) is 17.7. The topological polar surface area (TPSA) is 74.9 Å². The van der Waals surface area contributed by atoms with Crippen LogP contribution in [0.2, 0.25) is 0 Å². The summed E-state index contributed by atoms with van der Waals surface area (Å²) < 4.78 is 7.09. The molecule has 1 atom stereocenters. The molecular weight excluding hydrogens is 457 g/mol. The van der Waals surface area contributed by atoms with Crippen LogP contribution in [0.5, 0.6) is 11.5 Å². The molecule has 0 spiro atoms. The Balaban J connectivity index is 0.00000261. The number of ether oxygens (including phenoxy) is 1. The van der Waals surface area contributed by atoms with Gasteiger partial charge in [-0.3, -0.25) is 4.68 Å². The molecule has 0 saturated carbocycles. The minimum absolute atomic E-state index is 0. The number of benzene rings is 1. The molecule has 0 amide bonds. The SMILES string of the molecule is CCNC(=NCc1cc(OC)ccc1O)N1CCC(c2cnn(C)c2)C1.I. The van der Waals surface area contributed by atoms with Gasteiger partial charge in [-0.05, 0) is 37.1 Å². The largest absolute Gasteiger partial charge is 0.508 e. The standard InChI is InChI=1S/C19H27N5O2.HI/c1-4-20-19(21-10-15-9-17(26-3)5-6-18(15)25)24-8-7-14(13-24)16-11-22-23(2)12-16;/h5-6,9,11-12,14,25H,4,7-8,10,13H2,1-3H3,(H,20,21);1H. The molecule has 2 N–H and O–H groups in total. The third-order valence-electron chi connectivity index (χ3n) is 4.70. The van der Waals surface area contributed by atoms with Crippen LogP contribution in [0.3, 0.4) is 0 Å². The highest BCUT2D eigenvalue weighted by Crippen LogP contribution is 2.27. The number of methoxy groups -OCH3 is 1. The van der Waals surface area contributed by atoms with Gasteiger partial charge in [-0.2, -0.15) is 5.10 Å². The second-order valence-electron chi connectivity index (χ2n) is 6.54. The van der Waals surface area contributed by atoms with Crippen molar-refractivity contribution in [1.82, 2.24) is 20.0 Å². The molecule has 27 heavy (non-hydrogen) atoms. The van der Waals surface area contributed by atoms with Crippen molar-refractivity contribution < 1.29 is 9.84 Å². The van der Waals surface area contributed by atoms with Crippen molar-refractivity contribution in [2.45, 2.75) is 25.8 Å². The molecule has 0 radical (unpaired) electrons. The molecule has 0 aliphatic carbocycles. The third kappa shape index (κ3) is 5.27. The molecule has 1 aliphatic rings. The van der Waals surface area contributed by atoms with E-state index in [4.69, 9.17) is 9.73 Å². The lowest BCUT2D eigenvalue weighted by molar-refractivity contribution is 0.410. The number of phenols is 1. The lowest BCUT2D eigenvalue weighted by Gasteiger charge is -2.21. The number of nitrogens with zero attached hydrogens (tertiary/aromatic N) is 4. The van der Waals surface area contributed by atoms with E-state index in [9.17, 15) is 5.11 Å². The average Bonchev–Trinajstić information content (AvgIpc) is 3.29. The summed E-state index contributed by atoms with van der Waals surface area (Å²) in [5.74, 6) is 2.30. The van der Waals surface area contributed by atoms with Gasteiger partial charge in [-0.1, -0.05) is 0 Å². The molecule has 0 bridgehead atoms. The highest BCUT2D eigenvalue weighted by molar-refractivity contribution is 14.0. The van der Waals surface area contributed by atoms with Crippen LogP contribution in [-0.2, 0) is 13.6 Å². The van der Waals surface area contributed by atoms with Gasteiger partial charge in [0.05, 0.1) is 19.9 Å². The van der Waals surface area contributed by atoms with Crippen molar-refractivity contribution in [2.24, 2.45) is 12.0 Å². The average molecular weight is 485 g/mol. The third-order valence-corrected chi connectivity index (χ3v) is 4.70. The van der Waals surface area contributed by atoms with Crippen LogP contribution in [-0.4, -0.2) is 52.5 Å². The number of rotatable bonds is 5. The summed E-state index contributed by atoms with van der Waals surface area (Å²) in [6.45, 7) is 5.14. The number of aryl methyl sites for hydroxylation is 1. The molecule has 1 aromatic carbocycles. The fourth-order valence-electron chi connectivity index (χ4n) is 3.28. The Hall–Kier alpha value is -1.97. The first kappa shape index (κ1) is 21.3. The molecule has 1 unspecified atom stereocenters. The summed E-state index contributed by atoms with van der Waals surface area (Å²) in [7, 11) is 3.56. The number of hydrogen-bond acceptors (Lipinski definition) is 4. The maximum Gasteiger partial charge on any atom is 0.194 e. The molecule has 1 aromatic heterocycles. The van der Waals surface area contributed by atoms with E-state index >= 15 is 0 Å². The number of likely N-dealkylation sites (tertiary alicyclic amines) is 1. The highest BCUT2D eigenvalue weighted by Gasteiger charge is 2.26. The van der Waals surface area contributed by atoms with Crippen LogP contribution in [0.4, 0.5) is 0 Å².